The van der Waals surface area contributed by atoms with Crippen LogP contribution in [-0.4, -0.2) is 22.9 Å². The zero-order chi connectivity index (χ0) is 20.2. The molecule has 3 aromatic rings. The monoisotopic (exact) mass is 406 g/mol. The molecule has 0 atom stereocenters. The number of H-pyrrole nitrogens is 1. The van der Waals surface area contributed by atoms with Crippen molar-refractivity contribution >= 4 is 23.6 Å². The van der Waals surface area contributed by atoms with E-state index in [1.807, 2.05) is 24.3 Å². The van der Waals surface area contributed by atoms with Gasteiger partial charge in [-0.15, -0.1) is 0 Å². The van der Waals surface area contributed by atoms with Crippen molar-refractivity contribution in [2.45, 2.75) is 6.54 Å². The fourth-order valence-electron chi connectivity index (χ4n) is 2.89. The van der Waals surface area contributed by atoms with Crippen molar-refractivity contribution in [1.29, 1.82) is 5.26 Å². The minimum absolute atomic E-state index is 0.0256. The van der Waals surface area contributed by atoms with Crippen LogP contribution in [0.15, 0.2) is 54.2 Å². The normalized spacial score (nSPS) is 12.5. The second kappa shape index (κ2) is 8.09. The Morgan fingerprint density at radius 3 is 2.83 bits per heavy atom. The molecule has 8 heteroatoms. The Kier molecular flexibility index (Phi) is 5.18. The third-order valence-electron chi connectivity index (χ3n) is 4.36. The van der Waals surface area contributed by atoms with Crippen LogP contribution in [0.3, 0.4) is 0 Å². The molecule has 0 saturated heterocycles. The molecular formula is C21H15ClN4O3. The van der Waals surface area contributed by atoms with Crippen LogP contribution >= 0.6 is 11.6 Å². The average molecular weight is 407 g/mol. The number of aromatic nitrogens is 2. The van der Waals surface area contributed by atoms with E-state index in [1.165, 1.54) is 6.08 Å². The van der Waals surface area contributed by atoms with Crippen molar-refractivity contribution in [3.05, 3.63) is 70.4 Å². The molecule has 144 valence electrons. The lowest BCUT2D eigenvalue weighted by Crippen LogP contribution is -2.23. The molecule has 2 aromatic carbocycles. The number of carbonyl (C=O) groups excluding carboxylic acids is 1. The summed E-state index contributed by atoms with van der Waals surface area (Å²) in [5.74, 6) is 0.833. The highest BCUT2D eigenvalue weighted by Gasteiger charge is 2.15. The number of nitrogens with zero attached hydrogens (tertiary/aromatic N) is 2. The average Bonchev–Trinajstić information content (AvgIpc) is 3.39. The number of hydrogen-bond donors (Lipinski definition) is 2. The molecule has 0 bridgehead atoms. The summed E-state index contributed by atoms with van der Waals surface area (Å²) in [7, 11) is 0. The number of rotatable bonds is 5. The fraction of sp³-hybridized carbons (Fsp3) is 0.0952. The van der Waals surface area contributed by atoms with Crippen molar-refractivity contribution in [2.75, 3.05) is 6.79 Å². The van der Waals surface area contributed by atoms with Gasteiger partial charge in [0.1, 0.15) is 11.6 Å². The number of nitrogens with one attached hydrogen (secondary N) is 2. The first kappa shape index (κ1) is 18.6. The molecule has 7 nitrogen and oxygen atoms in total. The number of hydrogen-bond acceptors (Lipinski definition) is 5. The molecule has 1 aromatic heterocycles. The number of halogens is 1. The van der Waals surface area contributed by atoms with E-state index in [0.717, 1.165) is 11.1 Å². The van der Waals surface area contributed by atoms with E-state index >= 15 is 0 Å². The Bertz CT molecular complexity index is 1130. The number of nitriles is 1. The number of carbonyl (C=O) groups is 1. The zero-order valence-corrected chi connectivity index (χ0v) is 15.9. The summed E-state index contributed by atoms with van der Waals surface area (Å²) in [5.41, 5.74) is 2.98. The highest BCUT2D eigenvalue weighted by Crippen LogP contribution is 2.32. The summed E-state index contributed by atoms with van der Waals surface area (Å²) in [5, 5.41) is 19.7. The topological polar surface area (TPSA) is 100 Å². The molecule has 29 heavy (non-hydrogen) atoms. The molecule has 0 spiro atoms. The lowest BCUT2D eigenvalue weighted by Gasteiger charge is -2.06. The van der Waals surface area contributed by atoms with Gasteiger partial charge in [0.2, 0.25) is 6.79 Å². The second-order valence-electron chi connectivity index (χ2n) is 6.25. The Hall–Kier alpha value is -3.76. The van der Waals surface area contributed by atoms with E-state index in [0.29, 0.717) is 27.8 Å². The largest absolute Gasteiger partial charge is 0.454 e. The third kappa shape index (κ3) is 4.08. The molecule has 0 unspecified atom stereocenters. The summed E-state index contributed by atoms with van der Waals surface area (Å²) in [6, 6.07) is 14.5. The number of aromatic amines is 1. The van der Waals surface area contributed by atoms with Gasteiger partial charge >= 0.3 is 0 Å². The molecular weight excluding hydrogens is 392 g/mol. The van der Waals surface area contributed by atoms with Gasteiger partial charge in [-0.05, 0) is 35.9 Å². The first-order chi connectivity index (χ1) is 14.1. The van der Waals surface area contributed by atoms with Gasteiger partial charge in [-0.2, -0.15) is 10.4 Å². The fourth-order valence-corrected chi connectivity index (χ4v) is 3.01. The number of fused-ring (bicyclic) bond motifs is 1. The first-order valence-corrected chi connectivity index (χ1v) is 9.09. The van der Waals surface area contributed by atoms with E-state index in [-0.39, 0.29) is 18.9 Å². The van der Waals surface area contributed by atoms with E-state index in [4.69, 9.17) is 21.1 Å². The molecule has 4 rings (SSSR count). The molecule has 0 aliphatic carbocycles. The van der Waals surface area contributed by atoms with Crippen LogP contribution in [0.1, 0.15) is 11.1 Å². The maximum atomic E-state index is 12.5. The van der Waals surface area contributed by atoms with Crippen molar-refractivity contribution in [1.82, 2.24) is 15.5 Å². The summed E-state index contributed by atoms with van der Waals surface area (Å²) in [4.78, 5) is 12.5. The van der Waals surface area contributed by atoms with Crippen molar-refractivity contribution in [2.24, 2.45) is 0 Å². The highest BCUT2D eigenvalue weighted by molar-refractivity contribution is 6.30. The van der Waals surface area contributed by atoms with E-state index in [2.05, 4.69) is 15.5 Å². The predicted octanol–water partition coefficient (Wildman–Crippen LogP) is 3.68. The summed E-state index contributed by atoms with van der Waals surface area (Å²) in [6.07, 6.45) is 3.06. The van der Waals surface area contributed by atoms with Crippen LogP contribution in [0, 0.1) is 11.3 Å². The number of amides is 1. The molecule has 2 heterocycles. The standard InChI is InChI=1S/C21H15ClN4O3/c22-17-4-2-14(3-5-17)20-16(11-25-26-20)8-15(9-23)21(27)24-10-13-1-6-18-19(7-13)29-12-28-18/h1-8,11H,10,12H2,(H,24,27)(H,25,26)/b15-8+. The summed E-state index contributed by atoms with van der Waals surface area (Å²) < 4.78 is 10.6. The molecule has 1 amide bonds. The minimum Gasteiger partial charge on any atom is -0.454 e. The predicted molar refractivity (Wildman–Crippen MR) is 107 cm³/mol. The number of ether oxygens (including phenoxy) is 2. The molecule has 0 radical (unpaired) electrons. The quantitative estimate of drug-likeness (QED) is 0.497. The van der Waals surface area contributed by atoms with Gasteiger partial charge < -0.3 is 14.8 Å². The van der Waals surface area contributed by atoms with Crippen molar-refractivity contribution in [3.63, 3.8) is 0 Å². The lowest BCUT2D eigenvalue weighted by atomic mass is 10.1. The van der Waals surface area contributed by atoms with Crippen LogP contribution < -0.4 is 14.8 Å². The van der Waals surface area contributed by atoms with Gasteiger partial charge in [0.05, 0.1) is 11.9 Å². The van der Waals surface area contributed by atoms with Crippen LogP contribution in [0.25, 0.3) is 17.3 Å². The van der Waals surface area contributed by atoms with E-state index < -0.39 is 5.91 Å². The van der Waals surface area contributed by atoms with E-state index in [1.54, 1.807) is 30.5 Å². The summed E-state index contributed by atoms with van der Waals surface area (Å²) >= 11 is 5.93. The van der Waals surface area contributed by atoms with Gasteiger partial charge in [-0.1, -0.05) is 29.8 Å². The second-order valence-corrected chi connectivity index (χ2v) is 6.68. The van der Waals surface area contributed by atoms with Crippen LogP contribution in [0.4, 0.5) is 0 Å². The SMILES string of the molecule is N#C/C(=C\c1cn[nH]c1-c1ccc(Cl)cc1)C(=O)NCc1ccc2c(c1)OCO2. The van der Waals surface area contributed by atoms with Crippen molar-refractivity contribution < 1.29 is 14.3 Å². The smallest absolute Gasteiger partial charge is 0.262 e. The molecule has 2 N–H and O–H groups in total. The Balaban J connectivity index is 1.49. The Morgan fingerprint density at radius 2 is 2.03 bits per heavy atom. The molecule has 1 aliphatic rings. The Morgan fingerprint density at radius 1 is 1.24 bits per heavy atom. The minimum atomic E-state index is -0.478. The molecule has 0 saturated carbocycles. The van der Waals surface area contributed by atoms with Crippen LogP contribution in [0.5, 0.6) is 11.5 Å². The third-order valence-corrected chi connectivity index (χ3v) is 4.61. The maximum Gasteiger partial charge on any atom is 0.262 e. The van der Waals surface area contributed by atoms with Crippen LogP contribution in [-0.2, 0) is 11.3 Å². The Labute approximate surface area is 171 Å². The van der Waals surface area contributed by atoms with Gasteiger partial charge in [0.15, 0.2) is 11.5 Å². The highest BCUT2D eigenvalue weighted by atomic mass is 35.5. The maximum absolute atomic E-state index is 12.5. The number of benzene rings is 2. The molecule has 1 aliphatic heterocycles. The van der Waals surface area contributed by atoms with Gasteiger partial charge in [-0.25, -0.2) is 0 Å². The molecule has 0 fully saturated rings. The van der Waals surface area contributed by atoms with Gasteiger partial charge in [0.25, 0.3) is 5.91 Å². The first-order valence-electron chi connectivity index (χ1n) is 8.72. The van der Waals surface area contributed by atoms with Crippen molar-refractivity contribution in [3.8, 4) is 28.8 Å². The zero-order valence-electron chi connectivity index (χ0n) is 15.1. The van der Waals surface area contributed by atoms with E-state index in [9.17, 15) is 10.1 Å². The lowest BCUT2D eigenvalue weighted by molar-refractivity contribution is -0.117. The van der Waals surface area contributed by atoms with Crippen LogP contribution in [0.2, 0.25) is 5.02 Å². The summed E-state index contributed by atoms with van der Waals surface area (Å²) in [6.45, 7) is 0.442. The van der Waals surface area contributed by atoms with Gasteiger partial charge in [0, 0.05) is 22.7 Å². The van der Waals surface area contributed by atoms with Gasteiger partial charge in [-0.3, -0.25) is 9.89 Å².